The van der Waals surface area contributed by atoms with Crippen LogP contribution in [-0.4, -0.2) is 22.5 Å². The molecule has 5 nitrogen and oxygen atoms in total. The molecular formula is C18H24N2O3. The Kier molecular flexibility index (Phi) is 6.32. The van der Waals surface area contributed by atoms with Crippen molar-refractivity contribution in [2.75, 3.05) is 6.61 Å². The number of fused-ring (bicyclic) bond motifs is 1. The topological polar surface area (TPSA) is 72.0 Å². The second-order valence-corrected chi connectivity index (χ2v) is 5.61. The van der Waals surface area contributed by atoms with Crippen LogP contribution in [0.3, 0.4) is 0 Å². The van der Waals surface area contributed by atoms with Crippen LogP contribution < -0.4 is 5.43 Å². The average Bonchev–Trinajstić information content (AvgIpc) is 2.55. The molecule has 0 aliphatic rings. The molecule has 1 N–H and O–H groups in total. The Morgan fingerprint density at radius 2 is 2.00 bits per heavy atom. The van der Waals surface area contributed by atoms with Gasteiger partial charge < -0.3 is 9.72 Å². The molecular weight excluding hydrogens is 292 g/mol. The van der Waals surface area contributed by atoms with Gasteiger partial charge >= 0.3 is 5.97 Å². The number of nitrogens with one attached hydrogen (secondary N) is 1. The number of ether oxygens (including phenoxy) is 1. The first-order valence-corrected chi connectivity index (χ1v) is 8.35. The second-order valence-electron chi connectivity index (χ2n) is 5.61. The molecule has 0 aliphatic carbocycles. The van der Waals surface area contributed by atoms with Crippen LogP contribution in [0.15, 0.2) is 23.3 Å². The van der Waals surface area contributed by atoms with Crippen molar-refractivity contribution in [3.63, 3.8) is 0 Å². The number of carbonyl (C=O) groups excluding carboxylic acids is 1. The second kappa shape index (κ2) is 8.46. The fourth-order valence-electron chi connectivity index (χ4n) is 2.69. The predicted octanol–water partition coefficient (Wildman–Crippen LogP) is 3.61. The van der Waals surface area contributed by atoms with Gasteiger partial charge in [0.1, 0.15) is 5.56 Å². The number of H-pyrrole nitrogens is 1. The molecule has 124 valence electrons. The van der Waals surface area contributed by atoms with Gasteiger partial charge in [-0.05, 0) is 25.8 Å². The maximum absolute atomic E-state index is 12.6. The molecule has 0 saturated carbocycles. The van der Waals surface area contributed by atoms with E-state index in [0.29, 0.717) is 23.0 Å². The molecule has 2 aromatic rings. The summed E-state index contributed by atoms with van der Waals surface area (Å²) in [7, 11) is 0. The number of aromatic nitrogens is 2. The molecule has 2 aromatic heterocycles. The van der Waals surface area contributed by atoms with Crippen molar-refractivity contribution in [3.05, 3.63) is 39.9 Å². The fourth-order valence-corrected chi connectivity index (χ4v) is 2.69. The molecule has 23 heavy (non-hydrogen) atoms. The van der Waals surface area contributed by atoms with Gasteiger partial charge in [-0.2, -0.15) is 0 Å². The van der Waals surface area contributed by atoms with Gasteiger partial charge in [0.15, 0.2) is 0 Å². The molecule has 0 unspecified atom stereocenters. The summed E-state index contributed by atoms with van der Waals surface area (Å²) in [6.07, 6.45) is 9.40. The summed E-state index contributed by atoms with van der Waals surface area (Å²) in [6.45, 7) is 4.16. The molecule has 0 aliphatic heterocycles. The van der Waals surface area contributed by atoms with Crippen molar-refractivity contribution in [2.45, 2.75) is 52.4 Å². The van der Waals surface area contributed by atoms with Gasteiger partial charge in [0.25, 0.3) is 0 Å². The zero-order valence-corrected chi connectivity index (χ0v) is 13.9. The number of esters is 1. The smallest absolute Gasteiger partial charge is 0.343 e. The zero-order valence-electron chi connectivity index (χ0n) is 13.9. The lowest BCUT2D eigenvalue weighted by molar-refractivity contribution is 0.0523. The quantitative estimate of drug-likeness (QED) is 0.596. The molecule has 2 heterocycles. The number of rotatable bonds is 8. The first-order chi connectivity index (χ1) is 11.2. The number of aryl methyl sites for hydroxylation is 1. The lowest BCUT2D eigenvalue weighted by Gasteiger charge is -2.10. The number of hydrogen-bond acceptors (Lipinski definition) is 4. The Balaban J connectivity index is 2.34. The van der Waals surface area contributed by atoms with Crippen molar-refractivity contribution in [1.82, 2.24) is 9.97 Å². The van der Waals surface area contributed by atoms with Crippen LogP contribution in [0.1, 0.15) is 62.0 Å². The van der Waals surface area contributed by atoms with Gasteiger partial charge in [-0.15, -0.1) is 0 Å². The van der Waals surface area contributed by atoms with E-state index in [1.807, 2.05) is 0 Å². The average molecular weight is 316 g/mol. The summed E-state index contributed by atoms with van der Waals surface area (Å²) in [4.78, 5) is 32.0. The largest absolute Gasteiger partial charge is 0.462 e. The van der Waals surface area contributed by atoms with Crippen LogP contribution in [0.5, 0.6) is 0 Å². The van der Waals surface area contributed by atoms with Gasteiger partial charge in [0.2, 0.25) is 5.43 Å². The number of aromatic amines is 1. The third kappa shape index (κ3) is 4.18. The van der Waals surface area contributed by atoms with E-state index >= 15 is 0 Å². The highest BCUT2D eigenvalue weighted by atomic mass is 16.5. The van der Waals surface area contributed by atoms with Crippen LogP contribution in [-0.2, 0) is 11.2 Å². The van der Waals surface area contributed by atoms with E-state index < -0.39 is 5.97 Å². The minimum Gasteiger partial charge on any atom is -0.462 e. The van der Waals surface area contributed by atoms with Crippen LogP contribution in [0.2, 0.25) is 0 Å². The third-order valence-electron chi connectivity index (χ3n) is 3.89. The molecule has 0 saturated heterocycles. The Morgan fingerprint density at radius 3 is 2.74 bits per heavy atom. The molecule has 2 rings (SSSR count). The summed E-state index contributed by atoms with van der Waals surface area (Å²) in [6, 6.07) is 1.76. The SMILES string of the molecule is CCCCCCCc1[nH]c2ccncc2c(=O)c1C(=O)OCC. The first kappa shape index (κ1) is 17.2. The Morgan fingerprint density at radius 1 is 1.22 bits per heavy atom. The summed E-state index contributed by atoms with van der Waals surface area (Å²) in [5, 5.41) is 0.422. The van der Waals surface area contributed by atoms with E-state index in [1.54, 1.807) is 19.2 Å². The Bertz CT molecular complexity index is 722. The van der Waals surface area contributed by atoms with Crippen molar-refractivity contribution in [3.8, 4) is 0 Å². The molecule has 0 radical (unpaired) electrons. The maximum Gasteiger partial charge on any atom is 0.343 e. The molecule has 0 fully saturated rings. The Hall–Kier alpha value is -2.17. The van der Waals surface area contributed by atoms with E-state index in [4.69, 9.17) is 4.74 Å². The van der Waals surface area contributed by atoms with E-state index in [1.165, 1.54) is 25.5 Å². The number of nitrogens with zero attached hydrogens (tertiary/aromatic N) is 1. The monoisotopic (exact) mass is 316 g/mol. The predicted molar refractivity (Wildman–Crippen MR) is 90.8 cm³/mol. The number of hydrogen-bond donors (Lipinski definition) is 1. The van der Waals surface area contributed by atoms with Gasteiger partial charge in [0, 0.05) is 18.1 Å². The first-order valence-electron chi connectivity index (χ1n) is 8.35. The fraction of sp³-hybridized carbons (Fsp3) is 0.500. The van der Waals surface area contributed by atoms with Crippen molar-refractivity contribution < 1.29 is 9.53 Å². The van der Waals surface area contributed by atoms with E-state index in [-0.39, 0.29) is 17.6 Å². The normalized spacial score (nSPS) is 10.9. The van der Waals surface area contributed by atoms with E-state index in [9.17, 15) is 9.59 Å². The summed E-state index contributed by atoms with van der Waals surface area (Å²) in [5.41, 5.74) is 1.21. The van der Waals surface area contributed by atoms with Crippen LogP contribution >= 0.6 is 0 Å². The minimum atomic E-state index is -0.553. The minimum absolute atomic E-state index is 0.128. The lowest BCUT2D eigenvalue weighted by atomic mass is 10.0. The Labute approximate surface area is 136 Å². The highest BCUT2D eigenvalue weighted by Gasteiger charge is 2.19. The molecule has 0 spiro atoms. The number of unbranched alkanes of at least 4 members (excludes halogenated alkanes) is 4. The molecule has 0 aromatic carbocycles. The zero-order chi connectivity index (χ0) is 16.7. The van der Waals surface area contributed by atoms with E-state index in [0.717, 1.165) is 12.8 Å². The van der Waals surface area contributed by atoms with Crippen molar-refractivity contribution >= 4 is 16.9 Å². The summed E-state index contributed by atoms with van der Waals surface area (Å²) < 4.78 is 5.06. The number of pyridine rings is 2. The van der Waals surface area contributed by atoms with E-state index in [2.05, 4.69) is 16.9 Å². The molecule has 0 atom stereocenters. The van der Waals surface area contributed by atoms with Crippen LogP contribution in [0.4, 0.5) is 0 Å². The van der Waals surface area contributed by atoms with Crippen molar-refractivity contribution in [1.29, 1.82) is 0 Å². The van der Waals surface area contributed by atoms with Crippen LogP contribution in [0, 0.1) is 0 Å². The molecule has 5 heteroatoms. The number of carbonyl (C=O) groups is 1. The van der Waals surface area contributed by atoms with Gasteiger partial charge in [-0.25, -0.2) is 4.79 Å². The maximum atomic E-state index is 12.6. The highest BCUT2D eigenvalue weighted by molar-refractivity contribution is 5.94. The third-order valence-corrected chi connectivity index (χ3v) is 3.89. The van der Waals surface area contributed by atoms with Gasteiger partial charge in [0.05, 0.1) is 17.5 Å². The standard InChI is InChI=1S/C18H24N2O3/c1-3-5-6-7-8-9-15-16(18(22)23-4-2)17(21)13-12-19-11-10-14(13)20-15/h10-12H,3-9H2,1-2H3,(H,20,21). The van der Waals surface area contributed by atoms with Crippen LogP contribution in [0.25, 0.3) is 10.9 Å². The molecule has 0 amide bonds. The molecule has 0 bridgehead atoms. The van der Waals surface area contributed by atoms with Gasteiger partial charge in [-0.1, -0.05) is 32.6 Å². The summed E-state index contributed by atoms with van der Waals surface area (Å²) >= 11 is 0. The van der Waals surface area contributed by atoms with Crippen molar-refractivity contribution in [2.24, 2.45) is 0 Å². The summed E-state index contributed by atoms with van der Waals surface area (Å²) in [5.74, 6) is -0.553. The highest BCUT2D eigenvalue weighted by Crippen LogP contribution is 2.15. The lowest BCUT2D eigenvalue weighted by Crippen LogP contribution is -2.22. The van der Waals surface area contributed by atoms with Gasteiger partial charge in [-0.3, -0.25) is 9.78 Å².